The summed E-state index contributed by atoms with van der Waals surface area (Å²) in [5, 5.41) is 9.43. The van der Waals surface area contributed by atoms with E-state index in [1.165, 1.54) is 25.7 Å². The molecule has 1 unspecified atom stereocenters. The highest BCUT2D eigenvalue weighted by molar-refractivity contribution is 5.62. The van der Waals surface area contributed by atoms with Gasteiger partial charge in [0.1, 0.15) is 6.07 Å². The standard InChI is InChI=1S/C16H23N3/c1-4-14-8-6-5-7-9-19(14)16-10-12(2)18-13(3)15(16)11-17/h10,14H,4-9H2,1-3H3. The van der Waals surface area contributed by atoms with Crippen molar-refractivity contribution in [1.29, 1.82) is 5.26 Å². The van der Waals surface area contributed by atoms with Crippen molar-refractivity contribution in [2.45, 2.75) is 58.9 Å². The second-order valence-electron chi connectivity index (χ2n) is 5.46. The van der Waals surface area contributed by atoms with E-state index >= 15 is 0 Å². The lowest BCUT2D eigenvalue weighted by Gasteiger charge is -2.32. The molecule has 1 fully saturated rings. The molecular weight excluding hydrogens is 234 g/mol. The van der Waals surface area contributed by atoms with Crippen molar-refractivity contribution >= 4 is 5.69 Å². The van der Waals surface area contributed by atoms with Gasteiger partial charge in [0.15, 0.2) is 0 Å². The first-order chi connectivity index (χ1) is 9.17. The lowest BCUT2D eigenvalue weighted by Crippen LogP contribution is -2.35. The van der Waals surface area contributed by atoms with Crippen LogP contribution in [0.4, 0.5) is 5.69 Å². The topological polar surface area (TPSA) is 39.9 Å². The van der Waals surface area contributed by atoms with Gasteiger partial charge < -0.3 is 4.90 Å². The molecule has 0 saturated carbocycles. The third-order valence-electron chi connectivity index (χ3n) is 4.08. The Morgan fingerprint density at radius 1 is 1.37 bits per heavy atom. The number of hydrogen-bond acceptors (Lipinski definition) is 3. The molecule has 0 bridgehead atoms. The third-order valence-corrected chi connectivity index (χ3v) is 4.08. The van der Waals surface area contributed by atoms with Crippen LogP contribution in [0.3, 0.4) is 0 Å². The summed E-state index contributed by atoms with van der Waals surface area (Å²) in [6.07, 6.45) is 6.22. The Morgan fingerprint density at radius 3 is 2.84 bits per heavy atom. The van der Waals surface area contributed by atoms with E-state index in [0.29, 0.717) is 6.04 Å². The zero-order valence-electron chi connectivity index (χ0n) is 12.2. The number of anilines is 1. The van der Waals surface area contributed by atoms with E-state index in [-0.39, 0.29) is 0 Å². The Morgan fingerprint density at radius 2 is 2.16 bits per heavy atom. The van der Waals surface area contributed by atoms with Crippen LogP contribution in [0.5, 0.6) is 0 Å². The molecule has 0 aliphatic carbocycles. The van der Waals surface area contributed by atoms with Gasteiger partial charge in [0.2, 0.25) is 0 Å². The normalized spacial score (nSPS) is 19.9. The molecule has 0 aromatic carbocycles. The average Bonchev–Trinajstić information content (AvgIpc) is 2.62. The van der Waals surface area contributed by atoms with Gasteiger partial charge in [-0.3, -0.25) is 4.98 Å². The first kappa shape index (κ1) is 13.9. The summed E-state index contributed by atoms with van der Waals surface area (Å²) in [6.45, 7) is 7.26. The van der Waals surface area contributed by atoms with Crippen LogP contribution in [-0.2, 0) is 0 Å². The number of nitrogens with zero attached hydrogens (tertiary/aromatic N) is 3. The fourth-order valence-corrected chi connectivity index (χ4v) is 3.09. The van der Waals surface area contributed by atoms with E-state index in [0.717, 1.165) is 35.6 Å². The lowest BCUT2D eigenvalue weighted by molar-refractivity contribution is 0.555. The maximum atomic E-state index is 9.43. The second-order valence-corrected chi connectivity index (χ2v) is 5.46. The Balaban J connectivity index is 2.46. The molecule has 2 heterocycles. The smallest absolute Gasteiger partial charge is 0.103 e. The maximum absolute atomic E-state index is 9.43. The summed E-state index contributed by atoms with van der Waals surface area (Å²) in [6, 6.07) is 5.00. The second kappa shape index (κ2) is 6.06. The van der Waals surface area contributed by atoms with Crippen molar-refractivity contribution < 1.29 is 0 Å². The lowest BCUT2D eigenvalue weighted by atomic mass is 10.0. The van der Waals surface area contributed by atoms with Gasteiger partial charge in [0.25, 0.3) is 0 Å². The molecule has 19 heavy (non-hydrogen) atoms. The quantitative estimate of drug-likeness (QED) is 0.810. The summed E-state index contributed by atoms with van der Waals surface area (Å²) in [5.41, 5.74) is 3.72. The van der Waals surface area contributed by atoms with Crippen LogP contribution in [0.2, 0.25) is 0 Å². The molecule has 0 spiro atoms. The van der Waals surface area contributed by atoms with E-state index in [1.54, 1.807) is 0 Å². The summed E-state index contributed by atoms with van der Waals surface area (Å²) in [7, 11) is 0. The molecule has 102 valence electrons. The summed E-state index contributed by atoms with van der Waals surface area (Å²) in [5.74, 6) is 0. The molecule has 1 aromatic heterocycles. The monoisotopic (exact) mass is 257 g/mol. The average molecular weight is 257 g/mol. The Kier molecular flexibility index (Phi) is 4.42. The van der Waals surface area contributed by atoms with Crippen LogP contribution >= 0.6 is 0 Å². The first-order valence-corrected chi connectivity index (χ1v) is 7.32. The molecule has 1 atom stereocenters. The predicted molar refractivity (Wildman–Crippen MR) is 78.3 cm³/mol. The molecule has 1 saturated heterocycles. The van der Waals surface area contributed by atoms with Crippen molar-refractivity contribution in [1.82, 2.24) is 4.98 Å². The van der Waals surface area contributed by atoms with Gasteiger partial charge in [-0.05, 0) is 39.2 Å². The van der Waals surface area contributed by atoms with Crippen molar-refractivity contribution in [2.24, 2.45) is 0 Å². The van der Waals surface area contributed by atoms with Gasteiger partial charge in [-0.1, -0.05) is 19.8 Å². The molecule has 0 radical (unpaired) electrons. The van der Waals surface area contributed by atoms with E-state index < -0.39 is 0 Å². The van der Waals surface area contributed by atoms with Crippen molar-refractivity contribution in [2.75, 3.05) is 11.4 Å². The molecule has 0 N–H and O–H groups in total. The summed E-state index contributed by atoms with van der Waals surface area (Å²) >= 11 is 0. The zero-order valence-corrected chi connectivity index (χ0v) is 12.2. The van der Waals surface area contributed by atoms with Gasteiger partial charge in [-0.2, -0.15) is 5.26 Å². The minimum atomic E-state index is 0.566. The Bertz CT molecular complexity index is 488. The van der Waals surface area contributed by atoms with Crippen LogP contribution < -0.4 is 4.90 Å². The summed E-state index contributed by atoms with van der Waals surface area (Å²) < 4.78 is 0. The number of rotatable bonds is 2. The molecule has 1 aliphatic rings. The molecule has 1 aliphatic heterocycles. The van der Waals surface area contributed by atoms with Gasteiger partial charge >= 0.3 is 0 Å². The number of pyridine rings is 1. The largest absolute Gasteiger partial charge is 0.367 e. The SMILES string of the molecule is CCC1CCCCCN1c1cc(C)nc(C)c1C#N. The van der Waals surface area contributed by atoms with E-state index in [1.807, 2.05) is 13.8 Å². The summed E-state index contributed by atoms with van der Waals surface area (Å²) in [4.78, 5) is 6.88. The van der Waals surface area contributed by atoms with Crippen LogP contribution in [0.15, 0.2) is 6.07 Å². The molecule has 2 rings (SSSR count). The number of aryl methyl sites for hydroxylation is 2. The van der Waals surface area contributed by atoms with Crippen molar-refractivity contribution in [3.63, 3.8) is 0 Å². The van der Waals surface area contributed by atoms with Crippen LogP contribution in [0.1, 0.15) is 56.0 Å². The third kappa shape index (κ3) is 2.89. The van der Waals surface area contributed by atoms with Crippen LogP contribution in [0, 0.1) is 25.2 Å². The fraction of sp³-hybridized carbons (Fsp3) is 0.625. The zero-order chi connectivity index (χ0) is 13.8. The molecule has 3 heteroatoms. The fourth-order valence-electron chi connectivity index (χ4n) is 3.09. The van der Waals surface area contributed by atoms with Crippen LogP contribution in [0.25, 0.3) is 0 Å². The van der Waals surface area contributed by atoms with Crippen LogP contribution in [-0.4, -0.2) is 17.6 Å². The minimum absolute atomic E-state index is 0.566. The van der Waals surface area contributed by atoms with Crippen molar-refractivity contribution in [3.05, 3.63) is 23.0 Å². The predicted octanol–water partition coefficient (Wildman–Crippen LogP) is 3.73. The van der Waals surface area contributed by atoms with Gasteiger partial charge in [0, 0.05) is 18.3 Å². The minimum Gasteiger partial charge on any atom is -0.367 e. The Hall–Kier alpha value is -1.56. The molecule has 1 aromatic rings. The molecule has 3 nitrogen and oxygen atoms in total. The van der Waals surface area contributed by atoms with E-state index in [9.17, 15) is 5.26 Å². The van der Waals surface area contributed by atoms with Crippen molar-refractivity contribution in [3.8, 4) is 6.07 Å². The highest BCUT2D eigenvalue weighted by atomic mass is 15.2. The number of hydrogen-bond donors (Lipinski definition) is 0. The van der Waals surface area contributed by atoms with E-state index in [2.05, 4.69) is 28.9 Å². The maximum Gasteiger partial charge on any atom is 0.103 e. The Labute approximate surface area is 116 Å². The van der Waals surface area contributed by atoms with Gasteiger partial charge in [-0.25, -0.2) is 0 Å². The molecule has 0 amide bonds. The van der Waals surface area contributed by atoms with Gasteiger partial charge in [0.05, 0.1) is 16.9 Å². The number of aromatic nitrogens is 1. The van der Waals surface area contributed by atoms with Gasteiger partial charge in [-0.15, -0.1) is 0 Å². The first-order valence-electron chi connectivity index (χ1n) is 7.32. The highest BCUT2D eigenvalue weighted by Gasteiger charge is 2.23. The highest BCUT2D eigenvalue weighted by Crippen LogP contribution is 2.30. The van der Waals surface area contributed by atoms with E-state index in [4.69, 9.17) is 0 Å². The molecular formula is C16H23N3. The number of nitriles is 1.